The molecule has 4 heteroatoms. The molecule has 0 heterocycles. The number of aryl methyl sites for hydroxylation is 1. The summed E-state index contributed by atoms with van der Waals surface area (Å²) in [6, 6.07) is 23.7. The minimum absolute atomic E-state index is 0.110. The third kappa shape index (κ3) is 5.65. The van der Waals surface area contributed by atoms with E-state index >= 15 is 0 Å². The molecule has 0 aliphatic carbocycles. The zero-order chi connectivity index (χ0) is 21.3. The number of aromatic hydroxyl groups is 1. The molecule has 3 rings (SSSR count). The molecule has 0 atom stereocenters. The number of nitrogens with zero attached hydrogens (tertiary/aromatic N) is 1. The molecule has 0 bridgehead atoms. The lowest BCUT2D eigenvalue weighted by molar-refractivity contribution is 0.289. The monoisotopic (exact) mass is 402 g/mol. The zero-order valence-corrected chi connectivity index (χ0v) is 17.6. The molecule has 0 aliphatic heterocycles. The number of nitrogens with two attached hydrogens (primary N) is 1. The molecule has 156 valence electrons. The molecule has 0 saturated heterocycles. The molecule has 4 nitrogen and oxygen atoms in total. The summed E-state index contributed by atoms with van der Waals surface area (Å²) in [5, 5.41) is 10.5. The lowest BCUT2D eigenvalue weighted by Gasteiger charge is -2.28. The molecule has 0 spiro atoms. The first-order valence-corrected chi connectivity index (χ1v) is 10.3. The van der Waals surface area contributed by atoms with Crippen LogP contribution < -0.4 is 10.5 Å². The second-order valence-electron chi connectivity index (χ2n) is 7.39. The number of hydrogen-bond acceptors (Lipinski definition) is 4. The average molecular weight is 403 g/mol. The molecule has 0 radical (unpaired) electrons. The molecule has 0 unspecified atom stereocenters. The van der Waals surface area contributed by atoms with Crippen LogP contribution >= 0.6 is 0 Å². The van der Waals surface area contributed by atoms with Gasteiger partial charge in [-0.1, -0.05) is 61.2 Å². The summed E-state index contributed by atoms with van der Waals surface area (Å²) in [6.07, 6.45) is 0.870. The van der Waals surface area contributed by atoms with Crippen LogP contribution in [0.5, 0.6) is 11.5 Å². The van der Waals surface area contributed by atoms with E-state index in [-0.39, 0.29) is 5.75 Å². The number of hydrogen-bond donors (Lipinski definition) is 2. The van der Waals surface area contributed by atoms with E-state index in [4.69, 9.17) is 10.5 Å². The molecular weight excluding hydrogens is 372 g/mol. The summed E-state index contributed by atoms with van der Waals surface area (Å²) in [5.41, 5.74) is 11.0. The first-order chi connectivity index (χ1) is 14.6. The fraction of sp³-hybridized carbons (Fsp3) is 0.231. The molecule has 3 N–H and O–H groups in total. The van der Waals surface area contributed by atoms with E-state index in [1.54, 1.807) is 12.1 Å². The van der Waals surface area contributed by atoms with Gasteiger partial charge in [-0.3, -0.25) is 0 Å². The maximum absolute atomic E-state index is 10.5. The van der Waals surface area contributed by atoms with Gasteiger partial charge in [-0.2, -0.15) is 0 Å². The summed E-state index contributed by atoms with van der Waals surface area (Å²) in [5.74, 6) is 0.571. The van der Waals surface area contributed by atoms with E-state index in [0.717, 1.165) is 36.3 Å². The van der Waals surface area contributed by atoms with Crippen LogP contribution in [0.3, 0.4) is 0 Å². The second-order valence-corrected chi connectivity index (χ2v) is 7.39. The molecule has 3 aromatic rings. The van der Waals surface area contributed by atoms with Gasteiger partial charge in [0.1, 0.15) is 6.61 Å². The number of rotatable bonds is 10. The Labute approximate surface area is 179 Å². The van der Waals surface area contributed by atoms with Gasteiger partial charge < -0.3 is 20.5 Å². The van der Waals surface area contributed by atoms with Crippen LogP contribution in [-0.4, -0.2) is 23.1 Å². The van der Waals surface area contributed by atoms with Crippen molar-refractivity contribution in [3.8, 4) is 11.5 Å². The van der Waals surface area contributed by atoms with E-state index in [2.05, 4.69) is 36.6 Å². The van der Waals surface area contributed by atoms with Crippen molar-refractivity contribution in [1.82, 2.24) is 4.90 Å². The van der Waals surface area contributed by atoms with Gasteiger partial charge in [-0.05, 0) is 54.8 Å². The number of ether oxygens (including phenoxy) is 1. The fourth-order valence-electron chi connectivity index (χ4n) is 3.32. The molecule has 3 aromatic carbocycles. The summed E-state index contributed by atoms with van der Waals surface area (Å²) >= 11 is 0. The van der Waals surface area contributed by atoms with E-state index < -0.39 is 0 Å². The molecule has 30 heavy (non-hydrogen) atoms. The molecule has 0 aliphatic rings. The van der Waals surface area contributed by atoms with Crippen molar-refractivity contribution >= 4 is 5.70 Å². The van der Waals surface area contributed by atoms with Gasteiger partial charge in [0.15, 0.2) is 11.5 Å². The summed E-state index contributed by atoms with van der Waals surface area (Å²) < 4.78 is 5.78. The quantitative estimate of drug-likeness (QED) is 0.495. The predicted molar refractivity (Wildman–Crippen MR) is 123 cm³/mol. The number of benzene rings is 3. The van der Waals surface area contributed by atoms with Crippen LogP contribution in [0.2, 0.25) is 0 Å². The first-order valence-electron chi connectivity index (χ1n) is 10.3. The average Bonchev–Trinajstić information content (AvgIpc) is 2.77. The summed E-state index contributed by atoms with van der Waals surface area (Å²) in [7, 11) is 0. The van der Waals surface area contributed by atoms with Gasteiger partial charge in [-0.25, -0.2) is 0 Å². The largest absolute Gasteiger partial charge is 0.504 e. The van der Waals surface area contributed by atoms with Crippen LogP contribution in [0.1, 0.15) is 28.7 Å². The Kier molecular flexibility index (Phi) is 7.52. The van der Waals surface area contributed by atoms with Crippen molar-refractivity contribution in [3.05, 3.63) is 102 Å². The standard InChI is InChI=1S/C26H30N2O2/c1-20-9-6-7-12-24(20)18-28(16-8-15-27)21(2)23-13-14-26(25(29)17-23)30-19-22-10-4-3-5-11-22/h3-7,9-14,17,29H,2,8,15-16,18-19,27H2,1H3. The Balaban J connectivity index is 1.73. The Morgan fingerprint density at radius 3 is 2.47 bits per heavy atom. The normalized spacial score (nSPS) is 10.6. The Morgan fingerprint density at radius 2 is 1.77 bits per heavy atom. The lowest BCUT2D eigenvalue weighted by Crippen LogP contribution is -2.24. The molecule has 0 saturated carbocycles. The summed E-state index contributed by atoms with van der Waals surface area (Å²) in [6.45, 7) is 8.99. The third-order valence-electron chi connectivity index (χ3n) is 5.17. The molecule has 0 fully saturated rings. The third-order valence-corrected chi connectivity index (χ3v) is 5.17. The van der Waals surface area contributed by atoms with Crippen LogP contribution in [0.4, 0.5) is 0 Å². The van der Waals surface area contributed by atoms with Gasteiger partial charge in [0.25, 0.3) is 0 Å². The number of phenols is 1. The Bertz CT molecular complexity index is 970. The predicted octanol–water partition coefficient (Wildman–Crippen LogP) is 5.10. The van der Waals surface area contributed by atoms with E-state index in [0.29, 0.717) is 18.9 Å². The van der Waals surface area contributed by atoms with Crippen molar-refractivity contribution in [2.45, 2.75) is 26.5 Å². The minimum atomic E-state index is 0.110. The highest BCUT2D eigenvalue weighted by molar-refractivity contribution is 5.65. The first kappa shape index (κ1) is 21.5. The van der Waals surface area contributed by atoms with Crippen LogP contribution in [0, 0.1) is 6.92 Å². The molecular formula is C26H30N2O2. The van der Waals surface area contributed by atoms with Crippen molar-refractivity contribution in [1.29, 1.82) is 0 Å². The lowest BCUT2D eigenvalue weighted by atomic mass is 10.1. The van der Waals surface area contributed by atoms with Gasteiger partial charge in [0, 0.05) is 24.4 Å². The van der Waals surface area contributed by atoms with Gasteiger partial charge in [0.2, 0.25) is 0 Å². The number of phenolic OH excluding ortho intramolecular Hbond substituents is 1. The fourth-order valence-corrected chi connectivity index (χ4v) is 3.32. The van der Waals surface area contributed by atoms with Crippen molar-refractivity contribution in [3.63, 3.8) is 0 Å². The highest BCUT2D eigenvalue weighted by atomic mass is 16.5. The van der Waals surface area contributed by atoms with Gasteiger partial charge in [0.05, 0.1) is 0 Å². The zero-order valence-electron chi connectivity index (χ0n) is 17.6. The maximum Gasteiger partial charge on any atom is 0.161 e. The van der Waals surface area contributed by atoms with E-state index in [1.807, 2.05) is 42.5 Å². The maximum atomic E-state index is 10.5. The minimum Gasteiger partial charge on any atom is -0.504 e. The Morgan fingerprint density at radius 1 is 1.03 bits per heavy atom. The Hall–Kier alpha value is -3.24. The SMILES string of the molecule is C=C(c1ccc(OCc2ccccc2)c(O)c1)N(CCCN)Cc1ccccc1C. The van der Waals surface area contributed by atoms with Gasteiger partial charge >= 0.3 is 0 Å². The summed E-state index contributed by atoms with van der Waals surface area (Å²) in [4.78, 5) is 2.22. The van der Waals surface area contributed by atoms with Crippen LogP contribution in [0.15, 0.2) is 79.4 Å². The topological polar surface area (TPSA) is 58.7 Å². The molecule has 0 amide bonds. The van der Waals surface area contributed by atoms with Crippen molar-refractivity contribution in [2.75, 3.05) is 13.1 Å². The van der Waals surface area contributed by atoms with E-state index in [1.165, 1.54) is 11.1 Å². The van der Waals surface area contributed by atoms with Crippen LogP contribution in [-0.2, 0) is 13.2 Å². The van der Waals surface area contributed by atoms with Crippen molar-refractivity contribution < 1.29 is 9.84 Å². The highest BCUT2D eigenvalue weighted by Gasteiger charge is 2.14. The smallest absolute Gasteiger partial charge is 0.161 e. The second kappa shape index (κ2) is 10.5. The highest BCUT2D eigenvalue weighted by Crippen LogP contribution is 2.31. The van der Waals surface area contributed by atoms with E-state index in [9.17, 15) is 5.11 Å². The van der Waals surface area contributed by atoms with Crippen molar-refractivity contribution in [2.24, 2.45) is 5.73 Å². The van der Waals surface area contributed by atoms with Crippen LogP contribution in [0.25, 0.3) is 5.70 Å². The van der Waals surface area contributed by atoms with Gasteiger partial charge in [-0.15, -0.1) is 0 Å². The molecule has 0 aromatic heterocycles.